The predicted molar refractivity (Wildman–Crippen MR) is 83.7 cm³/mol. The number of nitrogens with zero attached hydrogens (tertiary/aromatic N) is 2. The summed E-state index contributed by atoms with van der Waals surface area (Å²) in [5, 5.41) is 0. The molecule has 1 aromatic heterocycles. The van der Waals surface area contributed by atoms with Crippen molar-refractivity contribution in [2.75, 3.05) is 20.1 Å². The van der Waals surface area contributed by atoms with E-state index < -0.39 is 0 Å². The maximum Gasteiger partial charge on any atom is 0.0591 e. The van der Waals surface area contributed by atoms with Crippen molar-refractivity contribution in [3.63, 3.8) is 0 Å². The van der Waals surface area contributed by atoms with Crippen molar-refractivity contribution in [2.24, 2.45) is 5.73 Å². The van der Waals surface area contributed by atoms with Crippen molar-refractivity contribution < 1.29 is 0 Å². The standard InChI is InChI=1S/C15H27N3S/c1-10-8-18(9-11(2)17(10)5)15(13(4)16)14-7-6-12(3)19-14/h6-7,10-11,13,15H,8-9,16H2,1-5H3. The highest BCUT2D eigenvalue weighted by Crippen LogP contribution is 2.32. The van der Waals surface area contributed by atoms with Crippen molar-refractivity contribution in [1.29, 1.82) is 0 Å². The Hall–Kier alpha value is -0.420. The Morgan fingerprint density at radius 2 is 1.84 bits per heavy atom. The number of thiophene rings is 1. The van der Waals surface area contributed by atoms with E-state index in [4.69, 9.17) is 5.73 Å². The quantitative estimate of drug-likeness (QED) is 0.924. The van der Waals surface area contributed by atoms with Gasteiger partial charge in [0.15, 0.2) is 0 Å². The van der Waals surface area contributed by atoms with Crippen molar-refractivity contribution in [1.82, 2.24) is 9.80 Å². The lowest BCUT2D eigenvalue weighted by atomic mass is 10.0. The van der Waals surface area contributed by atoms with Crippen molar-refractivity contribution in [2.45, 2.75) is 51.9 Å². The Kier molecular flexibility index (Phi) is 4.66. The number of rotatable bonds is 3. The van der Waals surface area contributed by atoms with Gasteiger partial charge >= 0.3 is 0 Å². The lowest BCUT2D eigenvalue weighted by molar-refractivity contribution is 0.0284. The molecule has 0 saturated carbocycles. The van der Waals surface area contributed by atoms with Gasteiger partial charge in [-0.2, -0.15) is 0 Å². The molecule has 0 aliphatic carbocycles. The molecule has 1 fully saturated rings. The molecule has 3 nitrogen and oxygen atoms in total. The van der Waals surface area contributed by atoms with Crippen LogP contribution in [0.25, 0.3) is 0 Å². The number of likely N-dealkylation sites (N-methyl/N-ethyl adjacent to an activating group) is 1. The zero-order valence-electron chi connectivity index (χ0n) is 12.8. The van der Waals surface area contributed by atoms with E-state index >= 15 is 0 Å². The van der Waals surface area contributed by atoms with Crippen LogP contribution in [0.1, 0.15) is 36.6 Å². The molecule has 2 N–H and O–H groups in total. The minimum atomic E-state index is 0.167. The van der Waals surface area contributed by atoms with E-state index in [2.05, 4.69) is 56.7 Å². The summed E-state index contributed by atoms with van der Waals surface area (Å²) >= 11 is 1.89. The summed E-state index contributed by atoms with van der Waals surface area (Å²) in [6.07, 6.45) is 0. The first-order chi connectivity index (χ1) is 8.90. The summed E-state index contributed by atoms with van der Waals surface area (Å²) in [4.78, 5) is 7.83. The highest BCUT2D eigenvalue weighted by Gasteiger charge is 2.33. The number of hydrogen-bond acceptors (Lipinski definition) is 4. The minimum Gasteiger partial charge on any atom is -0.326 e. The molecule has 1 aliphatic heterocycles. The molecule has 1 aliphatic rings. The third kappa shape index (κ3) is 3.19. The molecule has 4 unspecified atom stereocenters. The molecular formula is C15H27N3S. The average Bonchev–Trinajstić information content (AvgIpc) is 2.72. The van der Waals surface area contributed by atoms with E-state index in [1.807, 2.05) is 11.3 Å². The van der Waals surface area contributed by atoms with E-state index in [1.54, 1.807) is 0 Å². The largest absolute Gasteiger partial charge is 0.326 e. The second kappa shape index (κ2) is 5.92. The van der Waals surface area contributed by atoms with E-state index in [1.165, 1.54) is 9.75 Å². The van der Waals surface area contributed by atoms with E-state index in [9.17, 15) is 0 Å². The summed E-state index contributed by atoms with van der Waals surface area (Å²) < 4.78 is 0. The summed E-state index contributed by atoms with van der Waals surface area (Å²) in [5.41, 5.74) is 6.29. The zero-order valence-corrected chi connectivity index (χ0v) is 13.6. The third-order valence-electron chi connectivity index (χ3n) is 4.33. The van der Waals surface area contributed by atoms with Gasteiger partial charge in [0.25, 0.3) is 0 Å². The van der Waals surface area contributed by atoms with Gasteiger partial charge in [0.05, 0.1) is 6.04 Å². The summed E-state index contributed by atoms with van der Waals surface area (Å²) in [6.45, 7) is 11.1. The Morgan fingerprint density at radius 3 is 2.26 bits per heavy atom. The van der Waals surface area contributed by atoms with Crippen LogP contribution >= 0.6 is 11.3 Å². The molecule has 2 heterocycles. The molecular weight excluding hydrogens is 254 g/mol. The fourth-order valence-corrected chi connectivity index (χ4v) is 4.18. The van der Waals surface area contributed by atoms with Gasteiger partial charge in [-0.05, 0) is 46.9 Å². The fourth-order valence-electron chi connectivity index (χ4n) is 3.06. The second-order valence-electron chi connectivity index (χ2n) is 6.07. The van der Waals surface area contributed by atoms with Gasteiger partial charge in [0.1, 0.15) is 0 Å². The van der Waals surface area contributed by atoms with Crippen LogP contribution in [0.15, 0.2) is 12.1 Å². The van der Waals surface area contributed by atoms with Crippen LogP contribution in [0.4, 0.5) is 0 Å². The first kappa shape index (κ1) is 15.0. The monoisotopic (exact) mass is 281 g/mol. The predicted octanol–water partition coefficient (Wildman–Crippen LogP) is 2.47. The maximum absolute atomic E-state index is 6.29. The van der Waals surface area contributed by atoms with Gasteiger partial charge in [-0.3, -0.25) is 9.80 Å². The van der Waals surface area contributed by atoms with E-state index in [0.29, 0.717) is 18.1 Å². The molecule has 0 spiro atoms. The van der Waals surface area contributed by atoms with Crippen molar-refractivity contribution in [3.05, 3.63) is 21.9 Å². The van der Waals surface area contributed by atoms with Gasteiger partial charge in [-0.1, -0.05) is 0 Å². The van der Waals surface area contributed by atoms with Crippen LogP contribution in [-0.4, -0.2) is 48.1 Å². The van der Waals surface area contributed by atoms with Gasteiger partial charge in [0, 0.05) is 41.0 Å². The molecule has 2 rings (SSSR count). The van der Waals surface area contributed by atoms with Crippen LogP contribution in [0, 0.1) is 6.92 Å². The molecule has 0 amide bonds. The molecule has 0 bridgehead atoms. The van der Waals surface area contributed by atoms with Crippen LogP contribution in [0.5, 0.6) is 0 Å². The topological polar surface area (TPSA) is 32.5 Å². The van der Waals surface area contributed by atoms with Crippen molar-refractivity contribution >= 4 is 11.3 Å². The van der Waals surface area contributed by atoms with Crippen LogP contribution in [-0.2, 0) is 0 Å². The Balaban J connectivity index is 2.20. The normalized spacial score (nSPS) is 29.4. The van der Waals surface area contributed by atoms with Gasteiger partial charge in [-0.25, -0.2) is 0 Å². The zero-order chi connectivity index (χ0) is 14.2. The lowest BCUT2D eigenvalue weighted by Crippen LogP contribution is -2.57. The smallest absolute Gasteiger partial charge is 0.0591 e. The molecule has 1 aromatic rings. The number of aryl methyl sites for hydroxylation is 1. The lowest BCUT2D eigenvalue weighted by Gasteiger charge is -2.46. The van der Waals surface area contributed by atoms with Crippen LogP contribution in [0.3, 0.4) is 0 Å². The summed E-state index contributed by atoms with van der Waals surface area (Å²) in [5.74, 6) is 0. The van der Waals surface area contributed by atoms with Gasteiger partial charge in [-0.15, -0.1) is 11.3 Å². The summed E-state index contributed by atoms with van der Waals surface area (Å²) in [6, 6.07) is 6.16. The molecule has 19 heavy (non-hydrogen) atoms. The summed E-state index contributed by atoms with van der Waals surface area (Å²) in [7, 11) is 2.23. The third-order valence-corrected chi connectivity index (χ3v) is 5.40. The highest BCUT2D eigenvalue weighted by molar-refractivity contribution is 7.12. The highest BCUT2D eigenvalue weighted by atomic mass is 32.1. The molecule has 4 heteroatoms. The number of nitrogens with two attached hydrogens (primary N) is 1. The van der Waals surface area contributed by atoms with E-state index in [0.717, 1.165) is 13.1 Å². The van der Waals surface area contributed by atoms with Crippen LogP contribution < -0.4 is 5.73 Å². The maximum atomic E-state index is 6.29. The minimum absolute atomic E-state index is 0.167. The Labute approximate surface area is 121 Å². The average molecular weight is 281 g/mol. The Bertz CT molecular complexity index is 403. The molecule has 0 aromatic carbocycles. The molecule has 0 radical (unpaired) electrons. The first-order valence-corrected chi connectivity index (χ1v) is 7.99. The number of hydrogen-bond donors (Lipinski definition) is 1. The van der Waals surface area contributed by atoms with Gasteiger partial charge < -0.3 is 5.73 Å². The number of piperazine rings is 1. The van der Waals surface area contributed by atoms with Crippen LogP contribution in [0.2, 0.25) is 0 Å². The fraction of sp³-hybridized carbons (Fsp3) is 0.733. The molecule has 108 valence electrons. The van der Waals surface area contributed by atoms with E-state index in [-0.39, 0.29) is 6.04 Å². The molecule has 1 saturated heterocycles. The Morgan fingerprint density at radius 1 is 1.26 bits per heavy atom. The first-order valence-electron chi connectivity index (χ1n) is 7.18. The molecule has 4 atom stereocenters. The van der Waals surface area contributed by atoms with Crippen molar-refractivity contribution in [3.8, 4) is 0 Å². The second-order valence-corrected chi connectivity index (χ2v) is 7.39. The van der Waals surface area contributed by atoms with Gasteiger partial charge in [0.2, 0.25) is 0 Å². The SMILES string of the molecule is Cc1ccc(C(C(C)N)N2CC(C)N(C)C(C)C2)s1.